The van der Waals surface area contributed by atoms with E-state index in [2.05, 4.69) is 25.5 Å². The van der Waals surface area contributed by atoms with Crippen molar-refractivity contribution < 1.29 is 4.79 Å². The van der Waals surface area contributed by atoms with Crippen LogP contribution >= 0.6 is 15.9 Å². The van der Waals surface area contributed by atoms with Gasteiger partial charge in [-0.15, -0.1) is 0 Å². The molecule has 0 aromatic carbocycles. The second-order valence-corrected chi connectivity index (χ2v) is 6.18. The van der Waals surface area contributed by atoms with Crippen LogP contribution < -0.4 is 0 Å². The number of hydrogen-bond donors (Lipinski definition) is 0. The van der Waals surface area contributed by atoms with Crippen molar-refractivity contribution in [2.24, 2.45) is 7.05 Å². The zero-order valence-electron chi connectivity index (χ0n) is 11.6. The molecule has 0 radical (unpaired) electrons. The number of halogens is 1. The van der Waals surface area contributed by atoms with E-state index >= 15 is 0 Å². The van der Waals surface area contributed by atoms with E-state index in [4.69, 9.17) is 0 Å². The van der Waals surface area contributed by atoms with Crippen molar-refractivity contribution in [3.8, 4) is 0 Å². The third kappa shape index (κ3) is 2.40. The van der Waals surface area contributed by atoms with Crippen molar-refractivity contribution in [1.29, 1.82) is 0 Å². The van der Waals surface area contributed by atoms with Crippen LogP contribution in [0.2, 0.25) is 0 Å². The first-order chi connectivity index (χ1) is 9.54. The van der Waals surface area contributed by atoms with Gasteiger partial charge in [-0.3, -0.25) is 4.79 Å². The van der Waals surface area contributed by atoms with E-state index in [1.807, 2.05) is 37.1 Å². The van der Waals surface area contributed by atoms with Gasteiger partial charge in [-0.2, -0.15) is 0 Å². The van der Waals surface area contributed by atoms with Crippen molar-refractivity contribution >= 4 is 21.8 Å². The number of fused-ring (bicyclic) bond motifs is 1. The summed E-state index contributed by atoms with van der Waals surface area (Å²) in [6, 6.07) is 2.02. The van der Waals surface area contributed by atoms with E-state index < -0.39 is 0 Å². The molecule has 2 aromatic rings. The maximum atomic E-state index is 12.4. The molecule has 0 atom stereocenters. The van der Waals surface area contributed by atoms with Gasteiger partial charge in [-0.25, -0.2) is 4.98 Å². The lowest BCUT2D eigenvalue weighted by Crippen LogP contribution is -2.27. The topological polar surface area (TPSA) is 43.1 Å². The second-order valence-electron chi connectivity index (χ2n) is 5.26. The molecule has 106 valence electrons. The fourth-order valence-electron chi connectivity index (χ4n) is 2.59. The molecular formula is C14H17BrN4O. The van der Waals surface area contributed by atoms with Crippen LogP contribution in [0.4, 0.5) is 0 Å². The van der Waals surface area contributed by atoms with Gasteiger partial charge in [0.25, 0.3) is 5.91 Å². The van der Waals surface area contributed by atoms with Crippen LogP contribution in [0.15, 0.2) is 22.9 Å². The highest BCUT2D eigenvalue weighted by molar-refractivity contribution is 9.10. The number of hydrogen-bond acceptors (Lipinski definition) is 2. The Bertz CT molecular complexity index is 637. The zero-order valence-corrected chi connectivity index (χ0v) is 13.2. The molecule has 3 rings (SSSR count). The van der Waals surface area contributed by atoms with E-state index in [-0.39, 0.29) is 5.91 Å². The normalized spacial score (nSPS) is 13.6. The Labute approximate surface area is 126 Å². The molecule has 0 aliphatic carbocycles. The molecule has 0 bridgehead atoms. The summed E-state index contributed by atoms with van der Waals surface area (Å²) in [6.45, 7) is 1.55. The standard InChI is InChI=1S/C14H17BrN4O/c1-17-7-10(15)6-11(17)8-18(2)14(20)12-9-19-5-3-4-13(19)16-12/h6-7,9H,3-5,8H2,1-2H3. The van der Waals surface area contributed by atoms with Crippen molar-refractivity contribution in [3.05, 3.63) is 40.1 Å². The monoisotopic (exact) mass is 336 g/mol. The maximum absolute atomic E-state index is 12.4. The highest BCUT2D eigenvalue weighted by Crippen LogP contribution is 2.18. The largest absolute Gasteiger partial charge is 0.352 e. The van der Waals surface area contributed by atoms with E-state index in [9.17, 15) is 4.79 Å². The van der Waals surface area contributed by atoms with Crippen molar-refractivity contribution in [3.63, 3.8) is 0 Å². The first kappa shape index (κ1) is 13.4. The van der Waals surface area contributed by atoms with Gasteiger partial charge in [0, 0.05) is 49.6 Å². The second kappa shape index (κ2) is 5.09. The van der Waals surface area contributed by atoms with Crippen molar-refractivity contribution in [2.75, 3.05) is 7.05 Å². The molecule has 6 heteroatoms. The third-order valence-corrected chi connectivity index (χ3v) is 4.13. The Balaban J connectivity index is 1.74. The Kier molecular flexibility index (Phi) is 3.41. The fraction of sp³-hybridized carbons (Fsp3) is 0.429. The lowest BCUT2D eigenvalue weighted by Gasteiger charge is -2.16. The minimum atomic E-state index is -0.0239. The Hall–Kier alpha value is -1.56. The molecular weight excluding hydrogens is 320 g/mol. The van der Waals surface area contributed by atoms with Gasteiger partial charge in [0.05, 0.1) is 6.54 Å². The summed E-state index contributed by atoms with van der Waals surface area (Å²) in [5.41, 5.74) is 1.63. The summed E-state index contributed by atoms with van der Waals surface area (Å²) >= 11 is 3.44. The van der Waals surface area contributed by atoms with Crippen LogP contribution in [0, 0.1) is 0 Å². The maximum Gasteiger partial charge on any atom is 0.274 e. The van der Waals surface area contributed by atoms with Crippen LogP contribution in [0.1, 0.15) is 28.4 Å². The number of imidazole rings is 1. The van der Waals surface area contributed by atoms with Crippen LogP contribution in [0.3, 0.4) is 0 Å². The molecule has 0 fully saturated rings. The minimum Gasteiger partial charge on any atom is -0.352 e. The minimum absolute atomic E-state index is 0.0239. The number of rotatable bonds is 3. The lowest BCUT2D eigenvalue weighted by atomic mass is 10.3. The Morgan fingerprint density at radius 2 is 2.30 bits per heavy atom. The predicted molar refractivity (Wildman–Crippen MR) is 79.5 cm³/mol. The highest BCUT2D eigenvalue weighted by Gasteiger charge is 2.20. The molecule has 0 spiro atoms. The Morgan fingerprint density at radius 1 is 1.50 bits per heavy atom. The number of carbonyl (C=O) groups is 1. The van der Waals surface area contributed by atoms with E-state index in [1.165, 1.54) is 0 Å². The molecule has 0 saturated heterocycles. The van der Waals surface area contributed by atoms with Gasteiger partial charge in [0.1, 0.15) is 11.5 Å². The first-order valence-electron chi connectivity index (χ1n) is 6.67. The number of nitrogens with zero attached hydrogens (tertiary/aromatic N) is 4. The summed E-state index contributed by atoms with van der Waals surface area (Å²) in [4.78, 5) is 18.5. The summed E-state index contributed by atoms with van der Waals surface area (Å²) in [7, 11) is 3.79. The molecule has 0 saturated carbocycles. The van der Waals surface area contributed by atoms with Gasteiger partial charge < -0.3 is 14.0 Å². The number of amides is 1. The van der Waals surface area contributed by atoms with Crippen LogP contribution in [-0.2, 0) is 26.6 Å². The summed E-state index contributed by atoms with van der Waals surface area (Å²) in [6.07, 6.45) is 5.96. The molecule has 0 N–H and O–H groups in total. The van der Waals surface area contributed by atoms with Crippen molar-refractivity contribution in [1.82, 2.24) is 19.0 Å². The molecule has 1 aliphatic rings. The quantitative estimate of drug-likeness (QED) is 0.862. The first-order valence-corrected chi connectivity index (χ1v) is 7.46. The fourth-order valence-corrected chi connectivity index (χ4v) is 3.16. The van der Waals surface area contributed by atoms with Gasteiger partial charge in [0.2, 0.25) is 0 Å². The van der Waals surface area contributed by atoms with Crippen LogP contribution in [-0.4, -0.2) is 32.0 Å². The van der Waals surface area contributed by atoms with E-state index in [0.29, 0.717) is 12.2 Å². The van der Waals surface area contributed by atoms with Gasteiger partial charge in [-0.05, 0) is 28.4 Å². The Morgan fingerprint density at radius 3 is 2.95 bits per heavy atom. The van der Waals surface area contributed by atoms with Crippen molar-refractivity contribution in [2.45, 2.75) is 25.9 Å². The smallest absolute Gasteiger partial charge is 0.274 e. The SMILES string of the molecule is CN(Cc1cc(Br)cn1C)C(=O)c1cn2c(n1)CCC2. The molecule has 3 heterocycles. The average molecular weight is 337 g/mol. The lowest BCUT2D eigenvalue weighted by molar-refractivity contribution is 0.0777. The molecule has 0 unspecified atom stereocenters. The molecule has 20 heavy (non-hydrogen) atoms. The number of carbonyl (C=O) groups excluding carboxylic acids is 1. The summed E-state index contributed by atoms with van der Waals surface area (Å²) in [5.74, 6) is 1.01. The average Bonchev–Trinajstić information content (AvgIpc) is 3.03. The predicted octanol–water partition coefficient (Wildman–Crippen LogP) is 2.20. The molecule has 5 nitrogen and oxygen atoms in total. The van der Waals surface area contributed by atoms with Gasteiger partial charge >= 0.3 is 0 Å². The molecule has 1 amide bonds. The van der Waals surface area contributed by atoms with Gasteiger partial charge in [0.15, 0.2) is 0 Å². The van der Waals surface area contributed by atoms with Crippen LogP contribution in [0.25, 0.3) is 0 Å². The third-order valence-electron chi connectivity index (χ3n) is 3.70. The van der Waals surface area contributed by atoms with Crippen LogP contribution in [0.5, 0.6) is 0 Å². The molecule has 1 aliphatic heterocycles. The van der Waals surface area contributed by atoms with E-state index in [0.717, 1.165) is 35.4 Å². The van der Waals surface area contributed by atoms with Gasteiger partial charge in [-0.1, -0.05) is 0 Å². The number of aromatic nitrogens is 3. The summed E-state index contributed by atoms with van der Waals surface area (Å²) in [5, 5.41) is 0. The van der Waals surface area contributed by atoms with E-state index in [1.54, 1.807) is 4.90 Å². The molecule has 2 aromatic heterocycles. The zero-order chi connectivity index (χ0) is 14.3. The number of aryl methyl sites for hydroxylation is 3. The summed E-state index contributed by atoms with van der Waals surface area (Å²) < 4.78 is 5.12. The highest BCUT2D eigenvalue weighted by atomic mass is 79.9.